The van der Waals surface area contributed by atoms with Crippen LogP contribution >= 0.6 is 0 Å². The second-order valence-corrected chi connectivity index (χ2v) is 4.12. The van der Waals surface area contributed by atoms with E-state index in [1.165, 1.54) is 6.07 Å². The molecule has 0 saturated heterocycles. The quantitative estimate of drug-likeness (QED) is 0.819. The number of para-hydroxylation sites is 1. The second kappa shape index (κ2) is 7.28. The van der Waals surface area contributed by atoms with E-state index >= 15 is 0 Å². The predicted octanol–water partition coefficient (Wildman–Crippen LogP) is 2.99. The van der Waals surface area contributed by atoms with Crippen molar-refractivity contribution >= 4 is 0 Å². The highest BCUT2D eigenvalue weighted by Crippen LogP contribution is 2.32. The summed E-state index contributed by atoms with van der Waals surface area (Å²) in [7, 11) is 1.58. The highest BCUT2D eigenvalue weighted by atomic mass is 19.3. The van der Waals surface area contributed by atoms with Crippen molar-refractivity contribution in [3.05, 3.63) is 29.8 Å². The van der Waals surface area contributed by atoms with E-state index in [1.807, 2.05) is 6.92 Å². The number of methoxy groups -OCH3 is 1. The molecule has 0 aromatic heterocycles. The van der Waals surface area contributed by atoms with Gasteiger partial charge < -0.3 is 14.6 Å². The number of alkyl halides is 2. The summed E-state index contributed by atoms with van der Waals surface area (Å²) in [5.74, 6) is -0.0864. The van der Waals surface area contributed by atoms with Crippen LogP contribution in [0.25, 0.3) is 0 Å². The van der Waals surface area contributed by atoms with Gasteiger partial charge in [0.15, 0.2) is 0 Å². The molecule has 0 aliphatic heterocycles. The normalized spacial score (nSPS) is 14.6. The first-order chi connectivity index (χ1) is 8.56. The number of hydrogen-bond donors (Lipinski definition) is 1. The van der Waals surface area contributed by atoms with Gasteiger partial charge in [0, 0.05) is 19.3 Å². The fourth-order valence-electron chi connectivity index (χ4n) is 1.70. The largest absolute Gasteiger partial charge is 0.434 e. The zero-order valence-electron chi connectivity index (χ0n) is 10.5. The monoisotopic (exact) mass is 260 g/mol. The Morgan fingerprint density at radius 3 is 2.56 bits per heavy atom. The molecule has 0 fully saturated rings. The summed E-state index contributed by atoms with van der Waals surface area (Å²) < 4.78 is 33.8. The van der Waals surface area contributed by atoms with Crippen molar-refractivity contribution < 1.29 is 23.4 Å². The molecule has 102 valence electrons. The maximum atomic E-state index is 12.2. The molecular formula is C13H18F2O3. The van der Waals surface area contributed by atoms with Crippen molar-refractivity contribution in [2.45, 2.75) is 26.1 Å². The Hall–Kier alpha value is -1.20. The third kappa shape index (κ3) is 4.23. The number of benzene rings is 1. The third-order valence-corrected chi connectivity index (χ3v) is 2.77. The van der Waals surface area contributed by atoms with Gasteiger partial charge in [-0.1, -0.05) is 25.1 Å². The summed E-state index contributed by atoms with van der Waals surface area (Å²) in [5.41, 5.74) is 0.376. The maximum Gasteiger partial charge on any atom is 0.387 e. The summed E-state index contributed by atoms with van der Waals surface area (Å²) in [6.07, 6.45) is -0.212. The fourth-order valence-corrected chi connectivity index (χ4v) is 1.70. The molecule has 0 radical (unpaired) electrons. The van der Waals surface area contributed by atoms with Crippen LogP contribution in [0.3, 0.4) is 0 Å². The molecule has 18 heavy (non-hydrogen) atoms. The van der Waals surface area contributed by atoms with E-state index in [9.17, 15) is 13.9 Å². The molecule has 5 heteroatoms. The molecule has 1 rings (SSSR count). The van der Waals surface area contributed by atoms with Gasteiger partial charge >= 0.3 is 6.61 Å². The van der Waals surface area contributed by atoms with Gasteiger partial charge in [0.25, 0.3) is 0 Å². The van der Waals surface area contributed by atoms with Gasteiger partial charge in [-0.3, -0.25) is 0 Å². The molecule has 0 aliphatic carbocycles. The SMILES string of the molecule is COCCC(C)C(O)c1ccccc1OC(F)F. The van der Waals surface area contributed by atoms with Crippen LogP contribution in [0.2, 0.25) is 0 Å². The van der Waals surface area contributed by atoms with Gasteiger partial charge in [-0.05, 0) is 18.4 Å². The standard InChI is InChI=1S/C13H18F2O3/c1-9(7-8-17-2)12(16)10-5-3-4-6-11(10)18-13(14)15/h3-6,9,12-13,16H,7-8H2,1-2H3. The van der Waals surface area contributed by atoms with E-state index in [0.717, 1.165) is 0 Å². The number of halogens is 2. The van der Waals surface area contributed by atoms with Crippen molar-refractivity contribution in [2.75, 3.05) is 13.7 Å². The number of rotatable bonds is 7. The van der Waals surface area contributed by atoms with Crippen molar-refractivity contribution in [1.29, 1.82) is 0 Å². The first-order valence-corrected chi connectivity index (χ1v) is 5.77. The molecule has 0 spiro atoms. The number of ether oxygens (including phenoxy) is 2. The minimum absolute atomic E-state index is 0.0178. The molecule has 0 amide bonds. The fraction of sp³-hybridized carbons (Fsp3) is 0.538. The first-order valence-electron chi connectivity index (χ1n) is 5.77. The van der Waals surface area contributed by atoms with Crippen LogP contribution in [0.4, 0.5) is 8.78 Å². The molecule has 1 N–H and O–H groups in total. The lowest BCUT2D eigenvalue weighted by Gasteiger charge is -2.21. The van der Waals surface area contributed by atoms with Crippen molar-refractivity contribution in [2.24, 2.45) is 5.92 Å². The molecule has 2 unspecified atom stereocenters. The Morgan fingerprint density at radius 1 is 1.28 bits per heavy atom. The third-order valence-electron chi connectivity index (χ3n) is 2.77. The summed E-state index contributed by atoms with van der Waals surface area (Å²) >= 11 is 0. The van der Waals surface area contributed by atoms with Crippen molar-refractivity contribution in [3.63, 3.8) is 0 Å². The molecule has 2 atom stereocenters. The minimum atomic E-state index is -2.90. The highest BCUT2D eigenvalue weighted by Gasteiger charge is 2.21. The van der Waals surface area contributed by atoms with Gasteiger partial charge in [0.05, 0.1) is 6.10 Å². The van der Waals surface area contributed by atoms with Gasteiger partial charge in [-0.25, -0.2) is 0 Å². The molecule has 1 aromatic rings. The second-order valence-electron chi connectivity index (χ2n) is 4.12. The minimum Gasteiger partial charge on any atom is -0.434 e. The molecule has 3 nitrogen and oxygen atoms in total. The maximum absolute atomic E-state index is 12.2. The lowest BCUT2D eigenvalue weighted by atomic mass is 9.94. The zero-order valence-corrected chi connectivity index (χ0v) is 10.5. The van der Waals surface area contributed by atoms with Crippen molar-refractivity contribution in [1.82, 2.24) is 0 Å². The molecular weight excluding hydrogens is 242 g/mol. The van der Waals surface area contributed by atoms with Gasteiger partial charge in [0.2, 0.25) is 0 Å². The molecule has 0 heterocycles. The van der Waals surface area contributed by atoms with Crippen molar-refractivity contribution in [3.8, 4) is 5.75 Å². The Labute approximate surface area is 105 Å². The van der Waals surface area contributed by atoms with Gasteiger partial charge in [-0.15, -0.1) is 0 Å². The van der Waals surface area contributed by atoms with E-state index in [-0.39, 0.29) is 11.7 Å². The number of hydrogen-bond acceptors (Lipinski definition) is 3. The zero-order chi connectivity index (χ0) is 13.5. The Balaban J connectivity index is 2.80. The average molecular weight is 260 g/mol. The first kappa shape index (κ1) is 14.9. The summed E-state index contributed by atoms with van der Waals surface area (Å²) in [6, 6.07) is 6.28. The Bertz CT molecular complexity index is 358. The smallest absolute Gasteiger partial charge is 0.387 e. The molecule has 1 aromatic carbocycles. The van der Waals surface area contributed by atoms with Crippen LogP contribution in [-0.2, 0) is 4.74 Å². The molecule has 0 bridgehead atoms. The number of aliphatic hydroxyl groups excluding tert-OH is 1. The van der Waals surface area contributed by atoms with Crippen LogP contribution in [0, 0.1) is 5.92 Å². The lowest BCUT2D eigenvalue weighted by Crippen LogP contribution is -2.14. The van der Waals surface area contributed by atoms with Crippen LogP contribution in [-0.4, -0.2) is 25.4 Å². The highest BCUT2D eigenvalue weighted by molar-refractivity contribution is 5.35. The van der Waals surface area contributed by atoms with E-state index in [0.29, 0.717) is 18.6 Å². The van der Waals surface area contributed by atoms with Crippen LogP contribution < -0.4 is 4.74 Å². The Morgan fingerprint density at radius 2 is 1.94 bits per heavy atom. The van der Waals surface area contributed by atoms with Gasteiger partial charge in [0.1, 0.15) is 5.75 Å². The summed E-state index contributed by atoms with van der Waals surface area (Å²) in [6.45, 7) is -0.550. The molecule has 0 saturated carbocycles. The topological polar surface area (TPSA) is 38.7 Å². The van der Waals surface area contributed by atoms with Crippen LogP contribution in [0.15, 0.2) is 24.3 Å². The summed E-state index contributed by atoms with van der Waals surface area (Å²) in [5, 5.41) is 10.1. The Kier molecular flexibility index (Phi) is 6.01. The number of aliphatic hydroxyl groups is 1. The van der Waals surface area contributed by atoms with Crippen LogP contribution in [0.1, 0.15) is 25.0 Å². The molecule has 0 aliphatic rings. The van der Waals surface area contributed by atoms with E-state index in [4.69, 9.17) is 4.74 Å². The van der Waals surface area contributed by atoms with E-state index in [1.54, 1.807) is 25.3 Å². The predicted molar refractivity (Wildman–Crippen MR) is 63.7 cm³/mol. The van der Waals surface area contributed by atoms with Crippen LogP contribution in [0.5, 0.6) is 5.75 Å². The van der Waals surface area contributed by atoms with E-state index in [2.05, 4.69) is 4.74 Å². The van der Waals surface area contributed by atoms with Gasteiger partial charge in [-0.2, -0.15) is 8.78 Å². The van der Waals surface area contributed by atoms with E-state index < -0.39 is 12.7 Å². The lowest BCUT2D eigenvalue weighted by molar-refractivity contribution is -0.0522. The summed E-state index contributed by atoms with van der Waals surface area (Å²) in [4.78, 5) is 0. The average Bonchev–Trinajstić information content (AvgIpc) is 2.35.